The maximum Gasteiger partial charge on any atom is 0.416 e. The van der Waals surface area contributed by atoms with Gasteiger partial charge in [-0.25, -0.2) is 5.43 Å². The lowest BCUT2D eigenvalue weighted by Gasteiger charge is -2.12. The highest BCUT2D eigenvalue weighted by Gasteiger charge is 2.29. The number of nitrogens with one attached hydrogen (secondary N) is 2. The van der Waals surface area contributed by atoms with Gasteiger partial charge in [0.25, 0.3) is 5.91 Å². The summed E-state index contributed by atoms with van der Waals surface area (Å²) in [5, 5.41) is 18.5. The van der Waals surface area contributed by atoms with Crippen LogP contribution < -0.4 is 15.5 Å². The van der Waals surface area contributed by atoms with Crippen molar-refractivity contribution in [3.63, 3.8) is 0 Å². The third-order valence-corrected chi connectivity index (χ3v) is 5.95. The normalized spacial score (nSPS) is 11.7. The van der Waals surface area contributed by atoms with Crippen molar-refractivity contribution in [3.05, 3.63) is 106 Å². The minimum absolute atomic E-state index is 0.0676. The highest BCUT2D eigenvalue weighted by molar-refractivity contribution is 6.32. The number of amides is 1. The van der Waals surface area contributed by atoms with E-state index >= 15 is 0 Å². The fourth-order valence-corrected chi connectivity index (χ4v) is 3.86. The molecule has 1 amide bonds. The highest BCUT2D eigenvalue weighted by atomic mass is 35.5. The SMILES string of the molecule is O=C(NN=Cc1ccc(OCCNCc2ccc(C(F)(F)F)cc2)c2ccccc12)c1ccc(O)c(Cl)c1. The summed E-state index contributed by atoms with van der Waals surface area (Å²) in [4.78, 5) is 12.3. The van der Waals surface area contributed by atoms with Gasteiger partial charge in [-0.1, -0.05) is 48.0 Å². The number of benzene rings is 4. The number of carbonyl (C=O) groups excluding carboxylic acids is 1. The topological polar surface area (TPSA) is 83.0 Å². The molecule has 0 saturated heterocycles. The first-order valence-corrected chi connectivity index (χ1v) is 11.9. The Balaban J connectivity index is 1.33. The standard InChI is InChI=1S/C28H23ClF3N3O3/c29-24-15-19(7-11-25(24)36)27(37)35-34-17-20-8-12-26(23-4-2-1-3-22(20)23)38-14-13-33-16-18-5-9-21(10-6-18)28(30,31)32/h1-12,15,17,33,36H,13-14,16H2,(H,35,37). The van der Waals surface area contributed by atoms with Crippen LogP contribution in [0.15, 0.2) is 84.0 Å². The Labute approximate surface area is 221 Å². The van der Waals surface area contributed by atoms with Crippen LogP contribution in [0, 0.1) is 0 Å². The zero-order chi connectivity index (χ0) is 27.1. The van der Waals surface area contributed by atoms with Gasteiger partial charge in [0.1, 0.15) is 18.1 Å². The number of aromatic hydroxyl groups is 1. The monoisotopic (exact) mass is 541 g/mol. The molecule has 0 radical (unpaired) electrons. The number of phenols is 1. The quantitative estimate of drug-likeness (QED) is 0.135. The van der Waals surface area contributed by atoms with Gasteiger partial charge in [-0.2, -0.15) is 18.3 Å². The minimum atomic E-state index is -4.35. The van der Waals surface area contributed by atoms with E-state index in [0.717, 1.165) is 34.0 Å². The number of hydrogen-bond acceptors (Lipinski definition) is 5. The summed E-state index contributed by atoms with van der Waals surface area (Å²) < 4.78 is 44.0. The average molecular weight is 542 g/mol. The number of alkyl halides is 3. The van der Waals surface area contributed by atoms with E-state index in [-0.39, 0.29) is 16.3 Å². The van der Waals surface area contributed by atoms with Gasteiger partial charge in [-0.15, -0.1) is 0 Å². The van der Waals surface area contributed by atoms with E-state index in [4.69, 9.17) is 16.3 Å². The number of hydrazone groups is 1. The Morgan fingerprint density at radius 1 is 1.00 bits per heavy atom. The lowest BCUT2D eigenvalue weighted by molar-refractivity contribution is -0.137. The van der Waals surface area contributed by atoms with Gasteiger partial charge in [0, 0.05) is 29.6 Å². The second-order valence-electron chi connectivity index (χ2n) is 8.28. The van der Waals surface area contributed by atoms with Gasteiger partial charge in [0.2, 0.25) is 0 Å². The molecule has 0 heterocycles. The molecule has 0 aliphatic carbocycles. The van der Waals surface area contributed by atoms with Crippen LogP contribution in [0.4, 0.5) is 13.2 Å². The lowest BCUT2D eigenvalue weighted by atomic mass is 10.0. The van der Waals surface area contributed by atoms with Crippen molar-refractivity contribution < 1.29 is 27.8 Å². The van der Waals surface area contributed by atoms with Crippen LogP contribution in [0.3, 0.4) is 0 Å². The Morgan fingerprint density at radius 2 is 1.74 bits per heavy atom. The molecule has 0 fully saturated rings. The molecule has 4 rings (SSSR count). The Hall–Kier alpha value is -4.08. The van der Waals surface area contributed by atoms with Gasteiger partial charge in [-0.3, -0.25) is 4.79 Å². The Morgan fingerprint density at radius 3 is 2.45 bits per heavy atom. The number of phenolic OH excluding ortho intramolecular Hbond substituents is 1. The van der Waals surface area contributed by atoms with Crippen molar-refractivity contribution in [2.75, 3.05) is 13.2 Å². The van der Waals surface area contributed by atoms with Crippen LogP contribution in [-0.2, 0) is 12.7 Å². The molecule has 4 aromatic carbocycles. The molecule has 0 aliphatic rings. The van der Waals surface area contributed by atoms with Gasteiger partial charge in [-0.05, 0) is 53.4 Å². The number of hydrogen-bond donors (Lipinski definition) is 3. The van der Waals surface area contributed by atoms with Gasteiger partial charge < -0.3 is 15.2 Å². The second-order valence-corrected chi connectivity index (χ2v) is 8.69. The summed E-state index contributed by atoms with van der Waals surface area (Å²) >= 11 is 5.85. The van der Waals surface area contributed by atoms with Crippen LogP contribution >= 0.6 is 11.6 Å². The number of halogens is 4. The van der Waals surface area contributed by atoms with E-state index in [0.29, 0.717) is 25.4 Å². The van der Waals surface area contributed by atoms with Crippen LogP contribution in [-0.4, -0.2) is 30.4 Å². The number of carbonyl (C=O) groups is 1. The number of rotatable bonds is 9. The molecule has 0 unspecified atom stereocenters. The number of nitrogens with zero attached hydrogens (tertiary/aromatic N) is 1. The molecule has 10 heteroatoms. The van der Waals surface area contributed by atoms with Crippen molar-refractivity contribution in [1.29, 1.82) is 0 Å². The fraction of sp³-hybridized carbons (Fsp3) is 0.143. The molecule has 196 valence electrons. The second kappa shape index (κ2) is 12.0. The zero-order valence-corrected chi connectivity index (χ0v) is 20.7. The van der Waals surface area contributed by atoms with E-state index < -0.39 is 17.6 Å². The van der Waals surface area contributed by atoms with Gasteiger partial charge in [0.15, 0.2) is 0 Å². The lowest BCUT2D eigenvalue weighted by Crippen LogP contribution is -2.20. The first-order valence-electron chi connectivity index (χ1n) is 11.6. The molecule has 6 nitrogen and oxygen atoms in total. The van der Waals surface area contributed by atoms with Crippen molar-refractivity contribution >= 4 is 34.5 Å². The van der Waals surface area contributed by atoms with E-state index in [9.17, 15) is 23.1 Å². The molecule has 38 heavy (non-hydrogen) atoms. The summed E-state index contributed by atoms with van der Waals surface area (Å²) in [6.45, 7) is 1.26. The van der Waals surface area contributed by atoms with Crippen molar-refractivity contribution in [3.8, 4) is 11.5 Å². The first kappa shape index (κ1) is 27.0. The molecule has 3 N–H and O–H groups in total. The molecule has 0 spiro atoms. The largest absolute Gasteiger partial charge is 0.506 e. The van der Waals surface area contributed by atoms with Crippen molar-refractivity contribution in [2.45, 2.75) is 12.7 Å². The maximum atomic E-state index is 12.7. The highest BCUT2D eigenvalue weighted by Crippen LogP contribution is 2.29. The smallest absolute Gasteiger partial charge is 0.416 e. The number of ether oxygens (including phenoxy) is 1. The Kier molecular flexibility index (Phi) is 8.50. The summed E-state index contributed by atoms with van der Waals surface area (Å²) in [6.07, 6.45) is -2.82. The fourth-order valence-electron chi connectivity index (χ4n) is 3.68. The van der Waals surface area contributed by atoms with Crippen LogP contribution in [0.1, 0.15) is 27.0 Å². The average Bonchev–Trinajstić information content (AvgIpc) is 2.90. The predicted molar refractivity (Wildman–Crippen MR) is 141 cm³/mol. The molecule has 0 aliphatic heterocycles. The van der Waals surface area contributed by atoms with E-state index in [1.807, 2.05) is 30.3 Å². The summed E-state index contributed by atoms with van der Waals surface area (Å²) in [7, 11) is 0. The molecule has 0 atom stereocenters. The van der Waals surface area contributed by atoms with Crippen LogP contribution in [0.2, 0.25) is 5.02 Å². The molecule has 0 saturated carbocycles. The molecular formula is C28H23ClF3N3O3. The van der Waals surface area contributed by atoms with Crippen molar-refractivity contribution in [1.82, 2.24) is 10.7 Å². The number of fused-ring (bicyclic) bond motifs is 1. The first-order chi connectivity index (χ1) is 18.2. The minimum Gasteiger partial charge on any atom is -0.506 e. The summed E-state index contributed by atoms with van der Waals surface area (Å²) in [5.41, 5.74) is 3.53. The summed E-state index contributed by atoms with van der Waals surface area (Å²) in [6, 6.07) is 20.4. The van der Waals surface area contributed by atoms with Crippen LogP contribution in [0.25, 0.3) is 10.8 Å². The molecule has 0 aromatic heterocycles. The maximum absolute atomic E-state index is 12.7. The van der Waals surface area contributed by atoms with E-state index in [2.05, 4.69) is 15.8 Å². The third kappa shape index (κ3) is 6.81. The molecule has 0 bridgehead atoms. The van der Waals surface area contributed by atoms with E-state index in [1.54, 1.807) is 6.07 Å². The zero-order valence-electron chi connectivity index (χ0n) is 19.9. The predicted octanol–water partition coefficient (Wildman–Crippen LogP) is 6.15. The van der Waals surface area contributed by atoms with Gasteiger partial charge in [0.05, 0.1) is 16.8 Å². The molecular weight excluding hydrogens is 519 g/mol. The third-order valence-electron chi connectivity index (χ3n) is 5.64. The van der Waals surface area contributed by atoms with Crippen LogP contribution in [0.5, 0.6) is 11.5 Å². The summed E-state index contributed by atoms with van der Waals surface area (Å²) in [5.74, 6) is 0.0727. The Bertz CT molecular complexity index is 1460. The van der Waals surface area contributed by atoms with E-state index in [1.165, 1.54) is 36.5 Å². The van der Waals surface area contributed by atoms with Crippen molar-refractivity contribution in [2.24, 2.45) is 5.10 Å². The molecule has 4 aromatic rings. The van der Waals surface area contributed by atoms with Gasteiger partial charge >= 0.3 is 6.18 Å².